The molecule has 2 rings (SSSR count). The number of methoxy groups -OCH3 is 2. The van der Waals surface area contributed by atoms with E-state index in [1.165, 1.54) is 32.4 Å². The van der Waals surface area contributed by atoms with E-state index in [4.69, 9.17) is 14.2 Å². The van der Waals surface area contributed by atoms with Crippen molar-refractivity contribution in [2.45, 2.75) is 25.3 Å². The Morgan fingerprint density at radius 3 is 2.37 bits per heavy atom. The van der Waals surface area contributed by atoms with Crippen LogP contribution in [-0.4, -0.2) is 35.2 Å². The van der Waals surface area contributed by atoms with Gasteiger partial charge in [0.1, 0.15) is 13.2 Å². The van der Waals surface area contributed by atoms with Crippen LogP contribution in [0.2, 0.25) is 0 Å². The first kappa shape index (κ1) is 20.7. The number of ether oxygens (including phenoxy) is 3. The molecule has 7 nitrogen and oxygen atoms in total. The predicted octanol–water partition coefficient (Wildman–Crippen LogP) is 2.34. The highest BCUT2D eigenvalue weighted by atomic mass is 32.2. The molecule has 0 aliphatic rings. The molecule has 0 spiro atoms. The van der Waals surface area contributed by atoms with Gasteiger partial charge in [0, 0.05) is 6.07 Å². The number of rotatable bonds is 8. The van der Waals surface area contributed by atoms with E-state index in [1.54, 1.807) is 0 Å². The van der Waals surface area contributed by atoms with E-state index in [0.717, 1.165) is 16.7 Å². The van der Waals surface area contributed by atoms with Gasteiger partial charge in [-0.25, -0.2) is 8.42 Å². The number of esters is 1. The van der Waals surface area contributed by atoms with Gasteiger partial charge in [0.25, 0.3) is 0 Å². The Bertz CT molecular complexity index is 924. The van der Waals surface area contributed by atoms with Gasteiger partial charge in [-0.3, -0.25) is 4.79 Å². The molecule has 0 heterocycles. The fourth-order valence-electron chi connectivity index (χ4n) is 2.39. The largest absolute Gasteiger partial charge is 0.493 e. The van der Waals surface area contributed by atoms with Crippen molar-refractivity contribution < 1.29 is 27.4 Å². The van der Waals surface area contributed by atoms with Crippen LogP contribution in [0, 0.1) is 13.8 Å². The van der Waals surface area contributed by atoms with Crippen molar-refractivity contribution in [2.24, 2.45) is 0 Å². The van der Waals surface area contributed by atoms with Crippen LogP contribution in [-0.2, 0) is 26.2 Å². The monoisotopic (exact) mass is 393 g/mol. The summed E-state index contributed by atoms with van der Waals surface area (Å²) in [6.07, 6.45) is 0. The average Bonchev–Trinajstić information content (AvgIpc) is 2.66. The molecule has 0 fully saturated rings. The van der Waals surface area contributed by atoms with Crippen molar-refractivity contribution in [1.82, 2.24) is 4.72 Å². The smallest absolute Gasteiger partial charge is 0.321 e. The summed E-state index contributed by atoms with van der Waals surface area (Å²) in [5.74, 6) is 0.0159. The van der Waals surface area contributed by atoms with Crippen LogP contribution in [0.1, 0.15) is 16.7 Å². The van der Waals surface area contributed by atoms with E-state index in [-0.39, 0.29) is 17.3 Å². The normalized spacial score (nSPS) is 11.1. The summed E-state index contributed by atoms with van der Waals surface area (Å²) >= 11 is 0. The minimum Gasteiger partial charge on any atom is -0.493 e. The second kappa shape index (κ2) is 8.88. The Labute approximate surface area is 159 Å². The second-order valence-electron chi connectivity index (χ2n) is 5.93. The standard InChI is InChI=1S/C19H23NO6S/c1-13-5-6-14(2)15(9-13)12-26-19(21)11-20-27(22,23)16-7-8-17(24-3)18(10-16)25-4/h5-10,20H,11-12H2,1-4H3. The van der Waals surface area contributed by atoms with Crippen LogP contribution >= 0.6 is 0 Å². The highest BCUT2D eigenvalue weighted by molar-refractivity contribution is 7.89. The highest BCUT2D eigenvalue weighted by Gasteiger charge is 2.18. The van der Waals surface area contributed by atoms with Gasteiger partial charge in [-0.2, -0.15) is 4.72 Å². The van der Waals surface area contributed by atoms with Gasteiger partial charge in [-0.05, 0) is 37.1 Å². The van der Waals surface area contributed by atoms with Gasteiger partial charge in [0.2, 0.25) is 10.0 Å². The van der Waals surface area contributed by atoms with Gasteiger partial charge in [-0.15, -0.1) is 0 Å². The Morgan fingerprint density at radius 1 is 1.00 bits per heavy atom. The summed E-state index contributed by atoms with van der Waals surface area (Å²) in [6, 6.07) is 10.0. The van der Waals surface area contributed by atoms with Crippen molar-refractivity contribution in [1.29, 1.82) is 0 Å². The number of nitrogens with one attached hydrogen (secondary N) is 1. The molecule has 0 aliphatic heterocycles. The molecule has 2 aromatic rings. The fraction of sp³-hybridized carbons (Fsp3) is 0.316. The number of aryl methyl sites for hydroxylation is 2. The SMILES string of the molecule is COc1ccc(S(=O)(=O)NCC(=O)OCc2cc(C)ccc2C)cc1OC. The molecular formula is C19H23NO6S. The summed E-state index contributed by atoms with van der Waals surface area (Å²) in [6.45, 7) is 3.48. The number of sulfonamides is 1. The van der Waals surface area contributed by atoms with Crippen molar-refractivity contribution in [3.63, 3.8) is 0 Å². The average molecular weight is 393 g/mol. The lowest BCUT2D eigenvalue weighted by molar-refractivity contribution is -0.143. The first-order valence-corrected chi connectivity index (χ1v) is 9.68. The molecule has 0 radical (unpaired) electrons. The van der Waals surface area contributed by atoms with Crippen molar-refractivity contribution in [2.75, 3.05) is 20.8 Å². The van der Waals surface area contributed by atoms with Gasteiger partial charge >= 0.3 is 5.97 Å². The lowest BCUT2D eigenvalue weighted by atomic mass is 10.1. The molecule has 0 unspecified atom stereocenters. The number of carbonyl (C=O) groups is 1. The number of hydrogen-bond acceptors (Lipinski definition) is 6. The highest BCUT2D eigenvalue weighted by Crippen LogP contribution is 2.29. The van der Waals surface area contributed by atoms with Crippen molar-refractivity contribution >= 4 is 16.0 Å². The van der Waals surface area contributed by atoms with Crippen LogP contribution < -0.4 is 14.2 Å². The molecule has 146 valence electrons. The third kappa shape index (κ3) is 5.45. The zero-order chi connectivity index (χ0) is 20.0. The molecule has 0 saturated heterocycles. The topological polar surface area (TPSA) is 90.9 Å². The summed E-state index contributed by atoms with van der Waals surface area (Å²) in [5.41, 5.74) is 2.94. The lowest BCUT2D eigenvalue weighted by Gasteiger charge is -2.11. The number of carbonyl (C=O) groups excluding carboxylic acids is 1. The van der Waals surface area contributed by atoms with E-state index in [9.17, 15) is 13.2 Å². The lowest BCUT2D eigenvalue weighted by Crippen LogP contribution is -2.30. The summed E-state index contributed by atoms with van der Waals surface area (Å²) in [7, 11) is -1.03. The molecule has 0 saturated carbocycles. The van der Waals surface area contributed by atoms with Gasteiger partial charge in [0.15, 0.2) is 11.5 Å². The third-order valence-corrected chi connectivity index (χ3v) is 5.36. The molecule has 0 atom stereocenters. The number of hydrogen-bond donors (Lipinski definition) is 1. The second-order valence-corrected chi connectivity index (χ2v) is 7.70. The molecule has 0 bridgehead atoms. The van der Waals surface area contributed by atoms with Crippen LogP contribution in [0.5, 0.6) is 11.5 Å². The van der Waals surface area contributed by atoms with Crippen LogP contribution in [0.15, 0.2) is 41.3 Å². The van der Waals surface area contributed by atoms with Crippen LogP contribution in [0.25, 0.3) is 0 Å². The molecule has 0 amide bonds. The van der Waals surface area contributed by atoms with E-state index >= 15 is 0 Å². The Hall–Kier alpha value is -2.58. The minimum atomic E-state index is -3.90. The van der Waals surface area contributed by atoms with Crippen molar-refractivity contribution in [3.05, 3.63) is 53.1 Å². The quantitative estimate of drug-likeness (QED) is 0.693. The Balaban J connectivity index is 1.98. The van der Waals surface area contributed by atoms with E-state index in [0.29, 0.717) is 5.75 Å². The first-order valence-electron chi connectivity index (χ1n) is 8.20. The fourth-order valence-corrected chi connectivity index (χ4v) is 3.37. The van der Waals surface area contributed by atoms with Crippen LogP contribution in [0.3, 0.4) is 0 Å². The van der Waals surface area contributed by atoms with Gasteiger partial charge in [-0.1, -0.05) is 23.8 Å². The maximum Gasteiger partial charge on any atom is 0.321 e. The molecular weight excluding hydrogens is 370 g/mol. The molecule has 0 aromatic heterocycles. The van der Waals surface area contributed by atoms with E-state index in [2.05, 4.69) is 4.72 Å². The molecule has 1 N–H and O–H groups in total. The van der Waals surface area contributed by atoms with Crippen molar-refractivity contribution in [3.8, 4) is 11.5 Å². The van der Waals surface area contributed by atoms with E-state index in [1.807, 2.05) is 32.0 Å². The summed E-state index contributed by atoms with van der Waals surface area (Å²) in [4.78, 5) is 11.9. The summed E-state index contributed by atoms with van der Waals surface area (Å²) < 4.78 is 42.3. The summed E-state index contributed by atoms with van der Waals surface area (Å²) in [5, 5.41) is 0. The Kier molecular flexibility index (Phi) is 6.81. The maximum atomic E-state index is 12.4. The maximum absolute atomic E-state index is 12.4. The van der Waals surface area contributed by atoms with E-state index < -0.39 is 22.5 Å². The Morgan fingerprint density at radius 2 is 1.70 bits per heavy atom. The minimum absolute atomic E-state index is 0.0394. The molecule has 27 heavy (non-hydrogen) atoms. The zero-order valence-electron chi connectivity index (χ0n) is 15.7. The molecule has 2 aromatic carbocycles. The van der Waals surface area contributed by atoms with Gasteiger partial charge < -0.3 is 14.2 Å². The zero-order valence-corrected chi connectivity index (χ0v) is 16.6. The predicted molar refractivity (Wildman–Crippen MR) is 100 cm³/mol. The van der Waals surface area contributed by atoms with Crippen LogP contribution in [0.4, 0.5) is 0 Å². The molecule has 0 aliphatic carbocycles. The van der Waals surface area contributed by atoms with Gasteiger partial charge in [0.05, 0.1) is 19.1 Å². The number of benzene rings is 2. The third-order valence-electron chi connectivity index (χ3n) is 3.97. The molecule has 8 heteroatoms. The first-order chi connectivity index (χ1) is 12.8.